The Kier molecular flexibility index (Phi) is 6.13. The minimum Gasteiger partial charge on any atom is -0.383 e. The number of hydrogen-bond donors (Lipinski definition) is 0. The van der Waals surface area contributed by atoms with Gasteiger partial charge in [-0.15, -0.1) is 0 Å². The van der Waals surface area contributed by atoms with Crippen LogP contribution in [-0.4, -0.2) is 53.0 Å². The second-order valence-corrected chi connectivity index (χ2v) is 9.36. The molecule has 6 rings (SSSR count). The first-order valence-electron chi connectivity index (χ1n) is 12.7. The van der Waals surface area contributed by atoms with Crippen molar-refractivity contribution in [3.8, 4) is 33.6 Å². The van der Waals surface area contributed by atoms with E-state index in [1.807, 2.05) is 45.7 Å². The van der Waals surface area contributed by atoms with E-state index in [-0.39, 0.29) is 0 Å². The largest absolute Gasteiger partial charge is 0.383 e. The summed E-state index contributed by atoms with van der Waals surface area (Å²) in [6, 6.07) is 10.7. The van der Waals surface area contributed by atoms with Crippen LogP contribution in [0.3, 0.4) is 0 Å². The highest BCUT2D eigenvalue weighted by Crippen LogP contribution is 2.39. The number of aromatic nitrogens is 8. The Labute approximate surface area is 215 Å². The molecule has 0 atom stereocenters. The number of aryl methyl sites for hydroxylation is 4. The Morgan fingerprint density at radius 2 is 1.78 bits per heavy atom. The molecule has 9 nitrogen and oxygen atoms in total. The SMILES string of the molecule is CCn1cc(-c2ccc(-c3c4c(nn3C)CCc3cnc(Cc5ccn(CCOC)n5)nc3-4)cc2)cn1. The Hall–Kier alpha value is -4.11. The first-order valence-corrected chi connectivity index (χ1v) is 12.7. The molecule has 0 radical (unpaired) electrons. The lowest BCUT2D eigenvalue weighted by Crippen LogP contribution is -2.09. The standard InChI is InChI=1S/C28H30N8O/c1-4-35-18-22(17-30-35)19-5-7-20(8-6-19)28-26-24(33-34(28)2)10-9-21-16-29-25(31-27(21)26)15-23-11-12-36(32-23)13-14-37-3/h5-8,11-12,16-18H,4,9-10,13-15H2,1-3H3. The molecule has 4 aromatic heterocycles. The van der Waals surface area contributed by atoms with Crippen LogP contribution in [0.1, 0.15) is 29.7 Å². The first-order chi connectivity index (χ1) is 18.1. The minimum absolute atomic E-state index is 0.582. The van der Waals surface area contributed by atoms with Gasteiger partial charge >= 0.3 is 0 Å². The number of rotatable bonds is 8. The lowest BCUT2D eigenvalue weighted by atomic mass is 9.91. The Morgan fingerprint density at radius 3 is 2.57 bits per heavy atom. The number of hydrogen-bond acceptors (Lipinski definition) is 6. The van der Waals surface area contributed by atoms with Crippen LogP contribution >= 0.6 is 0 Å². The average Bonchev–Trinajstić information content (AvgIpc) is 3.66. The smallest absolute Gasteiger partial charge is 0.134 e. The molecular weight excluding hydrogens is 464 g/mol. The highest BCUT2D eigenvalue weighted by molar-refractivity contribution is 5.84. The molecule has 0 saturated carbocycles. The van der Waals surface area contributed by atoms with Crippen molar-refractivity contribution in [1.82, 2.24) is 39.3 Å². The van der Waals surface area contributed by atoms with Gasteiger partial charge in [0, 0.05) is 56.0 Å². The predicted octanol–water partition coefficient (Wildman–Crippen LogP) is 3.96. The normalized spacial score (nSPS) is 12.5. The molecule has 0 aliphatic heterocycles. The van der Waals surface area contributed by atoms with E-state index in [0.29, 0.717) is 13.0 Å². The van der Waals surface area contributed by atoms with Gasteiger partial charge in [0.2, 0.25) is 0 Å². The van der Waals surface area contributed by atoms with Gasteiger partial charge < -0.3 is 4.74 Å². The zero-order valence-electron chi connectivity index (χ0n) is 21.4. The summed E-state index contributed by atoms with van der Waals surface area (Å²) >= 11 is 0. The maximum Gasteiger partial charge on any atom is 0.134 e. The molecule has 0 N–H and O–H groups in total. The molecule has 9 heteroatoms. The summed E-state index contributed by atoms with van der Waals surface area (Å²) in [6.07, 6.45) is 10.3. The molecule has 0 fully saturated rings. The van der Waals surface area contributed by atoms with Crippen LogP contribution in [0.4, 0.5) is 0 Å². The van der Waals surface area contributed by atoms with Gasteiger partial charge in [0.1, 0.15) is 5.82 Å². The molecule has 0 bridgehead atoms. The zero-order chi connectivity index (χ0) is 25.4. The lowest BCUT2D eigenvalue weighted by molar-refractivity contribution is 0.183. The van der Waals surface area contributed by atoms with E-state index in [1.54, 1.807) is 7.11 Å². The van der Waals surface area contributed by atoms with Crippen molar-refractivity contribution in [3.63, 3.8) is 0 Å². The Balaban J connectivity index is 1.33. The Bertz CT molecular complexity index is 1540. The van der Waals surface area contributed by atoms with E-state index >= 15 is 0 Å². The predicted molar refractivity (Wildman–Crippen MR) is 141 cm³/mol. The number of ether oxygens (including phenoxy) is 1. The van der Waals surface area contributed by atoms with Gasteiger partial charge in [-0.25, -0.2) is 9.97 Å². The van der Waals surface area contributed by atoms with Crippen LogP contribution in [0, 0.1) is 0 Å². The first kappa shape index (κ1) is 23.3. The van der Waals surface area contributed by atoms with E-state index in [9.17, 15) is 0 Å². The van der Waals surface area contributed by atoms with Crippen LogP contribution in [0.5, 0.6) is 0 Å². The van der Waals surface area contributed by atoms with Crippen molar-refractivity contribution in [2.45, 2.75) is 39.3 Å². The van der Waals surface area contributed by atoms with Crippen LogP contribution < -0.4 is 0 Å². The molecule has 0 unspecified atom stereocenters. The summed E-state index contributed by atoms with van der Waals surface area (Å²) < 4.78 is 11.0. The third-order valence-corrected chi connectivity index (χ3v) is 6.91. The number of fused-ring (bicyclic) bond motifs is 3. The maximum absolute atomic E-state index is 5.16. The van der Waals surface area contributed by atoms with Crippen molar-refractivity contribution in [1.29, 1.82) is 0 Å². The molecule has 188 valence electrons. The van der Waals surface area contributed by atoms with Gasteiger partial charge in [-0.1, -0.05) is 24.3 Å². The van der Waals surface area contributed by atoms with Gasteiger partial charge in [-0.05, 0) is 37.0 Å². The number of benzene rings is 1. The molecular formula is C28H30N8O. The third kappa shape index (κ3) is 4.46. The van der Waals surface area contributed by atoms with Gasteiger partial charge in [0.05, 0.1) is 48.5 Å². The van der Waals surface area contributed by atoms with Crippen molar-refractivity contribution in [2.75, 3.05) is 13.7 Å². The monoisotopic (exact) mass is 494 g/mol. The molecule has 0 amide bonds. The van der Waals surface area contributed by atoms with E-state index in [4.69, 9.17) is 14.8 Å². The van der Waals surface area contributed by atoms with E-state index in [0.717, 1.165) is 76.8 Å². The van der Waals surface area contributed by atoms with E-state index in [2.05, 4.69) is 52.6 Å². The van der Waals surface area contributed by atoms with Gasteiger partial charge in [0.15, 0.2) is 0 Å². The second-order valence-electron chi connectivity index (χ2n) is 9.36. The fourth-order valence-corrected chi connectivity index (χ4v) is 4.99. The highest BCUT2D eigenvalue weighted by atomic mass is 16.5. The highest BCUT2D eigenvalue weighted by Gasteiger charge is 2.27. The van der Waals surface area contributed by atoms with Crippen LogP contribution in [0.15, 0.2) is 55.1 Å². The summed E-state index contributed by atoms with van der Waals surface area (Å²) in [6.45, 7) is 4.31. The number of methoxy groups -OCH3 is 1. The van der Waals surface area contributed by atoms with Gasteiger partial charge in [-0.3, -0.25) is 14.0 Å². The van der Waals surface area contributed by atoms with Crippen LogP contribution in [0.25, 0.3) is 33.6 Å². The summed E-state index contributed by atoms with van der Waals surface area (Å²) in [4.78, 5) is 9.72. The van der Waals surface area contributed by atoms with E-state index in [1.165, 1.54) is 5.56 Å². The second kappa shape index (κ2) is 9.74. The lowest BCUT2D eigenvalue weighted by Gasteiger charge is -2.16. The molecule has 4 heterocycles. The molecule has 0 spiro atoms. The topological polar surface area (TPSA) is 88.5 Å². The van der Waals surface area contributed by atoms with Crippen molar-refractivity contribution in [3.05, 3.63) is 77.9 Å². The van der Waals surface area contributed by atoms with Crippen LogP contribution in [0.2, 0.25) is 0 Å². The molecule has 1 aromatic carbocycles. The summed E-state index contributed by atoms with van der Waals surface area (Å²) in [5.74, 6) is 0.765. The van der Waals surface area contributed by atoms with Gasteiger partial charge in [-0.2, -0.15) is 15.3 Å². The van der Waals surface area contributed by atoms with E-state index < -0.39 is 0 Å². The molecule has 0 saturated heterocycles. The van der Waals surface area contributed by atoms with Crippen LogP contribution in [-0.2, 0) is 44.1 Å². The van der Waals surface area contributed by atoms with Crippen molar-refractivity contribution >= 4 is 0 Å². The zero-order valence-corrected chi connectivity index (χ0v) is 21.4. The fourth-order valence-electron chi connectivity index (χ4n) is 4.99. The van der Waals surface area contributed by atoms with Crippen molar-refractivity contribution in [2.24, 2.45) is 7.05 Å². The molecule has 5 aromatic rings. The molecule has 1 aliphatic carbocycles. The summed E-state index contributed by atoms with van der Waals surface area (Å²) in [5.41, 5.74) is 9.77. The fraction of sp³-hybridized carbons (Fsp3) is 0.321. The van der Waals surface area contributed by atoms with Gasteiger partial charge in [0.25, 0.3) is 0 Å². The minimum atomic E-state index is 0.582. The average molecular weight is 495 g/mol. The molecule has 1 aliphatic rings. The quantitative estimate of drug-likeness (QED) is 0.324. The molecule has 37 heavy (non-hydrogen) atoms. The Morgan fingerprint density at radius 1 is 0.946 bits per heavy atom. The number of nitrogens with zero attached hydrogens (tertiary/aromatic N) is 8. The summed E-state index contributed by atoms with van der Waals surface area (Å²) in [5, 5.41) is 13.9. The third-order valence-electron chi connectivity index (χ3n) is 6.91. The maximum atomic E-state index is 5.16. The summed E-state index contributed by atoms with van der Waals surface area (Å²) in [7, 11) is 3.71. The van der Waals surface area contributed by atoms with Crippen molar-refractivity contribution < 1.29 is 4.74 Å².